The van der Waals surface area contributed by atoms with Gasteiger partial charge in [-0.3, -0.25) is 4.79 Å². The fourth-order valence-corrected chi connectivity index (χ4v) is 2.85. The van der Waals surface area contributed by atoms with Gasteiger partial charge < -0.3 is 24.1 Å². The first-order chi connectivity index (χ1) is 13.6. The van der Waals surface area contributed by atoms with Crippen molar-refractivity contribution in [2.75, 3.05) is 33.2 Å². The Balaban J connectivity index is 2.01. The maximum atomic E-state index is 12.5. The summed E-state index contributed by atoms with van der Waals surface area (Å²) in [6, 6.07) is 3.72. The van der Waals surface area contributed by atoms with Crippen molar-refractivity contribution in [3.8, 4) is 0 Å². The van der Waals surface area contributed by atoms with E-state index >= 15 is 0 Å². The minimum atomic E-state index is 0.0760. The number of hydrogen-bond donors (Lipinski definition) is 1. The zero-order valence-electron chi connectivity index (χ0n) is 17.3. The molecular formula is C19H31N7O2. The lowest BCUT2D eigenvalue weighted by molar-refractivity contribution is -0.131. The SMILES string of the molecule is CCc1nncn1CCNC(=NCc1ccco1)N(C)CC(=O)N(CC)CC. The molecule has 2 heterocycles. The Hall–Kier alpha value is -2.84. The Labute approximate surface area is 166 Å². The summed E-state index contributed by atoms with van der Waals surface area (Å²) in [6.07, 6.45) is 4.19. The Bertz CT molecular complexity index is 735. The number of hydrogen-bond acceptors (Lipinski definition) is 5. The van der Waals surface area contributed by atoms with Crippen LogP contribution in [0.3, 0.4) is 0 Å². The minimum absolute atomic E-state index is 0.0760. The predicted octanol–water partition coefficient (Wildman–Crippen LogP) is 1.38. The van der Waals surface area contributed by atoms with Gasteiger partial charge in [0.15, 0.2) is 5.96 Å². The lowest BCUT2D eigenvalue weighted by Crippen LogP contribution is -2.46. The van der Waals surface area contributed by atoms with Crippen molar-refractivity contribution >= 4 is 11.9 Å². The van der Waals surface area contributed by atoms with E-state index in [9.17, 15) is 4.79 Å². The topological polar surface area (TPSA) is 91.8 Å². The van der Waals surface area contributed by atoms with Crippen molar-refractivity contribution in [2.45, 2.75) is 40.3 Å². The molecule has 0 saturated carbocycles. The van der Waals surface area contributed by atoms with Crippen LogP contribution in [0, 0.1) is 0 Å². The molecular weight excluding hydrogens is 358 g/mol. The van der Waals surface area contributed by atoms with Crippen LogP contribution in [0.25, 0.3) is 0 Å². The number of guanidine groups is 1. The first-order valence-electron chi connectivity index (χ1n) is 9.75. The third-order valence-corrected chi connectivity index (χ3v) is 4.46. The average molecular weight is 390 g/mol. The zero-order chi connectivity index (χ0) is 20.4. The number of nitrogens with one attached hydrogen (secondary N) is 1. The van der Waals surface area contributed by atoms with E-state index in [0.717, 1.165) is 18.0 Å². The second-order valence-corrected chi connectivity index (χ2v) is 6.36. The van der Waals surface area contributed by atoms with Gasteiger partial charge in [-0.05, 0) is 26.0 Å². The molecule has 0 spiro atoms. The van der Waals surface area contributed by atoms with Crippen LogP contribution in [0.5, 0.6) is 0 Å². The molecule has 0 atom stereocenters. The van der Waals surface area contributed by atoms with Crippen molar-refractivity contribution in [3.05, 3.63) is 36.3 Å². The first-order valence-corrected chi connectivity index (χ1v) is 9.75. The number of amides is 1. The van der Waals surface area contributed by atoms with Gasteiger partial charge in [-0.25, -0.2) is 4.99 Å². The van der Waals surface area contributed by atoms with E-state index in [2.05, 4.69) is 27.4 Å². The molecule has 154 valence electrons. The molecule has 9 heteroatoms. The van der Waals surface area contributed by atoms with Crippen LogP contribution in [-0.2, 0) is 24.3 Å². The lowest BCUT2D eigenvalue weighted by atomic mass is 10.4. The van der Waals surface area contributed by atoms with Gasteiger partial charge >= 0.3 is 0 Å². The molecule has 2 aromatic rings. The van der Waals surface area contributed by atoms with Gasteiger partial charge in [-0.2, -0.15) is 0 Å². The van der Waals surface area contributed by atoms with Gasteiger partial charge in [0.05, 0.1) is 12.8 Å². The fraction of sp³-hybridized carbons (Fsp3) is 0.579. The summed E-state index contributed by atoms with van der Waals surface area (Å²) in [5.41, 5.74) is 0. The Morgan fingerprint density at radius 2 is 2.11 bits per heavy atom. The molecule has 1 N–H and O–H groups in total. The van der Waals surface area contributed by atoms with Crippen molar-refractivity contribution in [1.29, 1.82) is 0 Å². The van der Waals surface area contributed by atoms with Crippen LogP contribution >= 0.6 is 0 Å². The molecule has 0 unspecified atom stereocenters. The molecule has 2 rings (SSSR count). The van der Waals surface area contributed by atoms with E-state index in [4.69, 9.17) is 4.42 Å². The highest BCUT2D eigenvalue weighted by atomic mass is 16.3. The number of carbonyl (C=O) groups excluding carboxylic acids is 1. The quantitative estimate of drug-likeness (QED) is 0.488. The van der Waals surface area contributed by atoms with Crippen molar-refractivity contribution in [3.63, 3.8) is 0 Å². The van der Waals surface area contributed by atoms with E-state index in [0.29, 0.717) is 38.7 Å². The maximum absolute atomic E-state index is 12.5. The molecule has 9 nitrogen and oxygen atoms in total. The lowest BCUT2D eigenvalue weighted by Gasteiger charge is -2.26. The van der Waals surface area contributed by atoms with Gasteiger partial charge in [0.2, 0.25) is 5.91 Å². The fourth-order valence-electron chi connectivity index (χ4n) is 2.85. The predicted molar refractivity (Wildman–Crippen MR) is 108 cm³/mol. The minimum Gasteiger partial charge on any atom is -0.467 e. The van der Waals surface area contributed by atoms with E-state index < -0.39 is 0 Å². The summed E-state index contributed by atoms with van der Waals surface area (Å²) in [4.78, 5) is 20.7. The molecule has 1 amide bonds. The summed E-state index contributed by atoms with van der Waals surface area (Å²) >= 11 is 0. The summed E-state index contributed by atoms with van der Waals surface area (Å²) in [5, 5.41) is 11.4. The molecule has 0 aliphatic heterocycles. The van der Waals surface area contributed by atoms with Gasteiger partial charge in [-0.1, -0.05) is 6.92 Å². The highest BCUT2D eigenvalue weighted by molar-refractivity contribution is 5.86. The van der Waals surface area contributed by atoms with Crippen LogP contribution < -0.4 is 5.32 Å². The van der Waals surface area contributed by atoms with Crippen LogP contribution in [0.4, 0.5) is 0 Å². The second kappa shape index (κ2) is 11.1. The number of aromatic nitrogens is 3. The second-order valence-electron chi connectivity index (χ2n) is 6.36. The number of carbonyl (C=O) groups is 1. The molecule has 28 heavy (non-hydrogen) atoms. The Morgan fingerprint density at radius 3 is 2.75 bits per heavy atom. The Morgan fingerprint density at radius 1 is 1.32 bits per heavy atom. The van der Waals surface area contributed by atoms with Crippen LogP contribution in [0.2, 0.25) is 0 Å². The number of likely N-dealkylation sites (N-methyl/N-ethyl adjacent to an activating group) is 2. The highest BCUT2D eigenvalue weighted by Crippen LogP contribution is 2.03. The molecule has 0 fully saturated rings. The highest BCUT2D eigenvalue weighted by Gasteiger charge is 2.15. The van der Waals surface area contributed by atoms with Crippen LogP contribution in [0.1, 0.15) is 32.4 Å². The van der Waals surface area contributed by atoms with Crippen molar-refractivity contribution < 1.29 is 9.21 Å². The van der Waals surface area contributed by atoms with Gasteiger partial charge in [0, 0.05) is 39.6 Å². The molecule has 2 aromatic heterocycles. The number of aryl methyl sites for hydroxylation is 1. The van der Waals surface area contributed by atoms with Crippen LogP contribution in [0.15, 0.2) is 34.1 Å². The smallest absolute Gasteiger partial charge is 0.242 e. The molecule has 0 bridgehead atoms. The van der Waals surface area contributed by atoms with Gasteiger partial charge in [0.1, 0.15) is 24.5 Å². The summed E-state index contributed by atoms with van der Waals surface area (Å²) in [6.45, 7) is 9.44. The van der Waals surface area contributed by atoms with E-state index in [1.54, 1.807) is 12.6 Å². The molecule has 0 aliphatic rings. The van der Waals surface area contributed by atoms with Gasteiger partial charge in [-0.15, -0.1) is 10.2 Å². The third-order valence-electron chi connectivity index (χ3n) is 4.46. The Kier molecular flexibility index (Phi) is 8.51. The zero-order valence-corrected chi connectivity index (χ0v) is 17.3. The number of furan rings is 1. The van der Waals surface area contributed by atoms with E-state index in [1.165, 1.54) is 0 Å². The molecule has 0 aliphatic carbocycles. The average Bonchev–Trinajstić information content (AvgIpc) is 3.36. The normalized spacial score (nSPS) is 11.5. The number of nitrogens with zero attached hydrogens (tertiary/aromatic N) is 6. The summed E-state index contributed by atoms with van der Waals surface area (Å²) in [7, 11) is 1.87. The molecule has 0 radical (unpaired) electrons. The third kappa shape index (κ3) is 6.11. The summed E-state index contributed by atoms with van der Waals surface area (Å²) < 4.78 is 7.37. The molecule has 0 saturated heterocycles. The number of rotatable bonds is 10. The standard InChI is InChI=1S/C19H31N7O2/c1-5-17-23-22-15-26(17)11-10-20-19(21-13-16-9-8-12-28-16)24(4)14-18(27)25(6-2)7-3/h8-9,12,15H,5-7,10-11,13-14H2,1-4H3,(H,20,21). The van der Waals surface area contributed by atoms with E-state index in [1.807, 2.05) is 47.4 Å². The number of aliphatic imine (C=N–C) groups is 1. The largest absolute Gasteiger partial charge is 0.467 e. The van der Waals surface area contributed by atoms with Crippen LogP contribution in [-0.4, -0.2) is 69.7 Å². The van der Waals surface area contributed by atoms with E-state index in [-0.39, 0.29) is 12.5 Å². The summed E-state index contributed by atoms with van der Waals surface area (Å²) in [5.74, 6) is 2.45. The van der Waals surface area contributed by atoms with Gasteiger partial charge in [0.25, 0.3) is 0 Å². The molecule has 0 aromatic carbocycles. The monoisotopic (exact) mass is 389 g/mol. The maximum Gasteiger partial charge on any atom is 0.242 e. The van der Waals surface area contributed by atoms with Crippen molar-refractivity contribution in [1.82, 2.24) is 29.9 Å². The first kappa shape index (κ1) is 21.5. The van der Waals surface area contributed by atoms with Crippen molar-refractivity contribution in [2.24, 2.45) is 4.99 Å².